The minimum absolute atomic E-state index is 0.249. The third-order valence-corrected chi connectivity index (χ3v) is 5.90. The molecule has 0 radical (unpaired) electrons. The minimum atomic E-state index is -3.10. The van der Waals surface area contributed by atoms with Gasteiger partial charge in [-0.1, -0.05) is 36.4 Å². The number of carbonyl (C=O) groups is 1. The third kappa shape index (κ3) is 3.78. The van der Waals surface area contributed by atoms with Crippen LogP contribution in [-0.4, -0.2) is 29.4 Å². The molecule has 2 bridgehead atoms. The molecule has 2 atom stereocenters. The predicted molar refractivity (Wildman–Crippen MR) is 98.9 cm³/mol. The second-order valence-corrected chi connectivity index (χ2v) is 7.57. The van der Waals surface area contributed by atoms with E-state index in [0.717, 1.165) is 25.5 Å². The van der Waals surface area contributed by atoms with E-state index in [9.17, 15) is 18.0 Å². The summed E-state index contributed by atoms with van der Waals surface area (Å²) in [5.41, 5.74) is 0.884. The monoisotopic (exact) mass is 389 g/mol. The highest BCUT2D eigenvalue weighted by molar-refractivity contribution is 6.00. The van der Waals surface area contributed by atoms with Crippen molar-refractivity contribution < 1.29 is 22.7 Å². The molecule has 6 heteroatoms. The van der Waals surface area contributed by atoms with E-state index >= 15 is 0 Å². The van der Waals surface area contributed by atoms with Crippen LogP contribution in [0.3, 0.4) is 0 Å². The van der Waals surface area contributed by atoms with Gasteiger partial charge in [0.2, 0.25) is 0 Å². The van der Waals surface area contributed by atoms with Gasteiger partial charge in [0.15, 0.2) is 5.78 Å². The Morgan fingerprint density at radius 1 is 1.04 bits per heavy atom. The molecule has 2 aliphatic heterocycles. The maximum absolute atomic E-state index is 14.3. The Balaban J connectivity index is 1.51. The molecule has 0 spiro atoms. The normalized spacial score (nSPS) is 24.5. The fourth-order valence-corrected chi connectivity index (χ4v) is 4.68. The Labute approximate surface area is 162 Å². The van der Waals surface area contributed by atoms with Crippen LogP contribution < -0.4 is 4.74 Å². The topological polar surface area (TPSA) is 29.5 Å². The molecule has 2 saturated heterocycles. The minimum Gasteiger partial charge on any atom is -0.434 e. The van der Waals surface area contributed by atoms with Crippen LogP contribution in [0.2, 0.25) is 0 Å². The molecule has 0 saturated carbocycles. The molecule has 2 aliphatic rings. The summed E-state index contributed by atoms with van der Waals surface area (Å²) in [6, 6.07) is 14.3. The number of carbonyl (C=O) groups excluding carboxylic acids is 1. The number of nitrogens with zero attached hydrogens (tertiary/aromatic N) is 1. The Kier molecular flexibility index (Phi) is 5.40. The summed E-state index contributed by atoms with van der Waals surface area (Å²) < 4.78 is 44.1. The lowest BCUT2D eigenvalue weighted by Crippen LogP contribution is -2.44. The highest BCUT2D eigenvalue weighted by Gasteiger charge is 2.43. The van der Waals surface area contributed by atoms with Gasteiger partial charge in [-0.2, -0.15) is 8.78 Å². The summed E-state index contributed by atoms with van der Waals surface area (Å²) in [4.78, 5) is 15.5. The van der Waals surface area contributed by atoms with E-state index in [2.05, 4.69) is 21.8 Å². The average Bonchev–Trinajstić information content (AvgIpc) is 2.89. The zero-order valence-corrected chi connectivity index (χ0v) is 15.4. The molecule has 2 fully saturated rings. The number of rotatable bonds is 6. The Morgan fingerprint density at radius 3 is 2.36 bits per heavy atom. The van der Waals surface area contributed by atoms with Crippen LogP contribution in [0.1, 0.15) is 41.6 Å². The van der Waals surface area contributed by atoms with Gasteiger partial charge in [0, 0.05) is 24.5 Å². The van der Waals surface area contributed by atoms with E-state index in [0.29, 0.717) is 12.8 Å². The van der Waals surface area contributed by atoms with Crippen LogP contribution in [0.15, 0.2) is 48.5 Å². The number of benzene rings is 2. The number of fused-ring (bicyclic) bond motifs is 2. The molecule has 0 amide bonds. The zero-order chi connectivity index (χ0) is 19.7. The van der Waals surface area contributed by atoms with E-state index in [1.165, 1.54) is 17.7 Å². The largest absolute Gasteiger partial charge is 0.434 e. The van der Waals surface area contributed by atoms with Crippen molar-refractivity contribution in [2.45, 2.75) is 50.9 Å². The van der Waals surface area contributed by atoms with E-state index in [4.69, 9.17) is 0 Å². The number of Topliss-reactive ketones (excluding diaryl/α,β-unsaturated/α-hetero) is 1. The van der Waals surface area contributed by atoms with Crippen LogP contribution in [0.5, 0.6) is 5.75 Å². The average molecular weight is 389 g/mol. The fraction of sp³-hybridized carbons (Fsp3) is 0.409. The van der Waals surface area contributed by atoms with Crippen LogP contribution in [0.25, 0.3) is 0 Å². The van der Waals surface area contributed by atoms with E-state index in [1.807, 2.05) is 18.2 Å². The lowest BCUT2D eigenvalue weighted by molar-refractivity contribution is -0.0504. The highest BCUT2D eigenvalue weighted by atomic mass is 19.3. The molecule has 0 N–H and O–H groups in total. The maximum atomic E-state index is 14.3. The number of alkyl halides is 2. The van der Waals surface area contributed by atoms with Gasteiger partial charge in [0.1, 0.15) is 11.6 Å². The smallest absolute Gasteiger partial charge is 0.387 e. The van der Waals surface area contributed by atoms with Gasteiger partial charge in [-0.25, -0.2) is 4.39 Å². The first kappa shape index (κ1) is 19.0. The molecule has 148 valence electrons. The second kappa shape index (κ2) is 7.95. The zero-order valence-electron chi connectivity index (χ0n) is 15.4. The van der Waals surface area contributed by atoms with Gasteiger partial charge >= 0.3 is 6.61 Å². The number of ether oxygens (including phenoxy) is 1. The first-order chi connectivity index (χ1) is 13.5. The van der Waals surface area contributed by atoms with Gasteiger partial charge in [0.25, 0.3) is 0 Å². The Hall–Kier alpha value is -2.34. The first-order valence-corrected chi connectivity index (χ1v) is 9.60. The van der Waals surface area contributed by atoms with Crippen LogP contribution >= 0.6 is 0 Å². The summed E-state index contributed by atoms with van der Waals surface area (Å²) in [5.74, 6) is -1.98. The number of hydrogen-bond acceptors (Lipinski definition) is 3. The standard InChI is InChI=1S/C22H22F3NO2/c23-18-7-4-8-19(28-22(24)25)20(18)21(27)15-11-16-9-10-17(12-15)26(16)13-14-5-2-1-3-6-14/h1-8,15-17,22H,9-13H2. The first-order valence-electron chi connectivity index (χ1n) is 9.60. The molecule has 3 nitrogen and oxygen atoms in total. The van der Waals surface area contributed by atoms with Crippen molar-refractivity contribution in [2.24, 2.45) is 5.92 Å². The molecule has 2 aromatic rings. The van der Waals surface area contributed by atoms with Crippen molar-refractivity contribution in [1.82, 2.24) is 4.90 Å². The summed E-state index contributed by atoms with van der Waals surface area (Å²) in [6.45, 7) is -2.27. The second-order valence-electron chi connectivity index (χ2n) is 7.57. The van der Waals surface area contributed by atoms with Crippen molar-refractivity contribution in [1.29, 1.82) is 0 Å². The van der Waals surface area contributed by atoms with Crippen LogP contribution in [0, 0.1) is 11.7 Å². The molecule has 0 aliphatic carbocycles. The molecule has 0 aromatic heterocycles. The van der Waals surface area contributed by atoms with Gasteiger partial charge in [-0.05, 0) is 43.4 Å². The van der Waals surface area contributed by atoms with Gasteiger partial charge in [-0.3, -0.25) is 9.69 Å². The fourth-order valence-electron chi connectivity index (χ4n) is 4.68. The molecular weight excluding hydrogens is 367 g/mol. The number of piperidine rings is 1. The van der Waals surface area contributed by atoms with Crippen molar-refractivity contribution in [3.8, 4) is 5.75 Å². The Morgan fingerprint density at radius 2 is 1.71 bits per heavy atom. The summed E-state index contributed by atoms with van der Waals surface area (Å²) in [7, 11) is 0. The van der Waals surface area contributed by atoms with E-state index < -0.39 is 18.2 Å². The van der Waals surface area contributed by atoms with Gasteiger partial charge in [-0.15, -0.1) is 0 Å². The summed E-state index contributed by atoms with van der Waals surface area (Å²) >= 11 is 0. The SMILES string of the molecule is O=C(c1c(F)cccc1OC(F)F)C1CC2CCC(C1)N2Cc1ccccc1. The van der Waals surface area contributed by atoms with Crippen LogP contribution in [-0.2, 0) is 6.54 Å². The van der Waals surface area contributed by atoms with Crippen LogP contribution in [0.4, 0.5) is 13.2 Å². The lowest BCUT2D eigenvalue weighted by atomic mass is 9.84. The molecular formula is C22H22F3NO2. The van der Waals surface area contributed by atoms with Gasteiger partial charge < -0.3 is 4.74 Å². The highest BCUT2D eigenvalue weighted by Crippen LogP contribution is 2.41. The van der Waals surface area contributed by atoms with Crippen molar-refractivity contribution in [3.05, 3.63) is 65.5 Å². The summed E-state index contributed by atoms with van der Waals surface area (Å²) in [6.07, 6.45) is 3.23. The third-order valence-electron chi connectivity index (χ3n) is 5.90. The van der Waals surface area contributed by atoms with Gasteiger partial charge in [0.05, 0.1) is 5.56 Å². The molecule has 2 unspecified atom stereocenters. The molecule has 28 heavy (non-hydrogen) atoms. The number of hydrogen-bond donors (Lipinski definition) is 0. The Bertz CT molecular complexity index is 829. The lowest BCUT2D eigenvalue weighted by Gasteiger charge is -2.38. The number of ketones is 1. The maximum Gasteiger partial charge on any atom is 0.387 e. The van der Waals surface area contributed by atoms with Crippen molar-refractivity contribution in [2.75, 3.05) is 0 Å². The van der Waals surface area contributed by atoms with Crippen molar-refractivity contribution >= 4 is 5.78 Å². The van der Waals surface area contributed by atoms with Crippen molar-refractivity contribution in [3.63, 3.8) is 0 Å². The molecule has 4 rings (SSSR count). The molecule has 2 aromatic carbocycles. The predicted octanol–water partition coefficient (Wildman–Crippen LogP) is 5.05. The summed E-state index contributed by atoms with van der Waals surface area (Å²) in [5, 5.41) is 0. The quantitative estimate of drug-likeness (QED) is 0.648. The molecule has 2 heterocycles. The number of halogens is 3. The van der Waals surface area contributed by atoms with E-state index in [1.54, 1.807) is 0 Å². The van der Waals surface area contributed by atoms with E-state index in [-0.39, 0.29) is 29.3 Å².